The second-order valence-electron chi connectivity index (χ2n) is 8.66. The quantitative estimate of drug-likeness (QED) is 0.239. The normalized spacial score (nSPS) is 14.0. The molecule has 0 bridgehead atoms. The van der Waals surface area contributed by atoms with E-state index in [0.29, 0.717) is 0 Å². The summed E-state index contributed by atoms with van der Waals surface area (Å²) in [6.45, 7) is 8.76. The van der Waals surface area contributed by atoms with E-state index in [2.05, 4.69) is 14.2 Å². The van der Waals surface area contributed by atoms with Crippen LogP contribution in [0.5, 0.6) is 0 Å². The molecule has 1 aromatic rings. The Kier molecular flexibility index (Phi) is 10.7. The molecule has 0 aliphatic carbocycles. The van der Waals surface area contributed by atoms with E-state index in [-0.39, 0.29) is 25.4 Å². The first-order chi connectivity index (χ1) is 17.1. The second kappa shape index (κ2) is 12.6. The minimum absolute atomic E-state index is 0.0148. The maximum absolute atomic E-state index is 16.1. The molecule has 1 aromatic carbocycles. The monoisotopic (exact) mass is 530 g/mol. The maximum atomic E-state index is 16.1. The van der Waals surface area contributed by atoms with Crippen LogP contribution in [0.15, 0.2) is 24.3 Å². The van der Waals surface area contributed by atoms with Crippen LogP contribution >= 0.6 is 0 Å². The van der Waals surface area contributed by atoms with Crippen LogP contribution in [0.4, 0.5) is 8.78 Å². The van der Waals surface area contributed by atoms with E-state index in [1.807, 2.05) is 0 Å². The standard InChI is InChI=1S/C25H32F2O10/c1-8-33-19(29)24(26,20(30)34-9-2)15(4)36-22(32)25(27,21(31)35-10-3)17-13-11-16(12-14-17)18(28)37-23(5,6)7/h11-15H,8-10H2,1-7H3. The summed E-state index contributed by atoms with van der Waals surface area (Å²) in [5.41, 5.74) is -8.76. The van der Waals surface area contributed by atoms with Gasteiger partial charge < -0.3 is 23.7 Å². The van der Waals surface area contributed by atoms with Gasteiger partial charge in [0.25, 0.3) is 0 Å². The van der Waals surface area contributed by atoms with Crippen LogP contribution in [-0.2, 0) is 48.5 Å². The zero-order chi connectivity index (χ0) is 28.6. The molecule has 0 aromatic heterocycles. The molecule has 2 atom stereocenters. The predicted molar refractivity (Wildman–Crippen MR) is 124 cm³/mol. The van der Waals surface area contributed by atoms with Crippen molar-refractivity contribution in [2.45, 2.75) is 71.5 Å². The number of hydrogen-bond acceptors (Lipinski definition) is 10. The maximum Gasteiger partial charge on any atom is 0.361 e. The smallest absolute Gasteiger partial charge is 0.361 e. The highest BCUT2D eigenvalue weighted by Gasteiger charge is 2.60. The van der Waals surface area contributed by atoms with Crippen LogP contribution in [0.2, 0.25) is 0 Å². The van der Waals surface area contributed by atoms with E-state index in [1.165, 1.54) is 20.8 Å². The van der Waals surface area contributed by atoms with E-state index in [0.717, 1.165) is 31.2 Å². The SMILES string of the molecule is CCOC(=O)C(F)(C(=O)OC(C)C(F)(C(=O)OCC)C(=O)OCC)c1ccc(C(=O)OC(C)(C)C)cc1. The molecule has 0 aliphatic rings. The van der Waals surface area contributed by atoms with Crippen molar-refractivity contribution in [1.82, 2.24) is 0 Å². The highest BCUT2D eigenvalue weighted by Crippen LogP contribution is 2.33. The van der Waals surface area contributed by atoms with Gasteiger partial charge in [0.15, 0.2) is 6.10 Å². The van der Waals surface area contributed by atoms with Crippen molar-refractivity contribution in [3.05, 3.63) is 35.4 Å². The van der Waals surface area contributed by atoms with Crippen LogP contribution in [-0.4, -0.2) is 67.0 Å². The van der Waals surface area contributed by atoms with Gasteiger partial charge in [-0.2, -0.15) is 0 Å². The summed E-state index contributed by atoms with van der Waals surface area (Å²) >= 11 is 0. The van der Waals surface area contributed by atoms with E-state index < -0.39 is 58.5 Å². The molecule has 0 spiro atoms. The molecule has 0 amide bonds. The topological polar surface area (TPSA) is 132 Å². The summed E-state index contributed by atoms with van der Waals surface area (Å²) in [6.07, 6.45) is -2.27. The number of halogens is 2. The van der Waals surface area contributed by atoms with Gasteiger partial charge in [-0.05, 0) is 60.6 Å². The second-order valence-corrected chi connectivity index (χ2v) is 8.66. The molecule has 0 saturated heterocycles. The first kappa shape index (κ1) is 31.5. The molecule has 0 fully saturated rings. The van der Waals surface area contributed by atoms with E-state index in [9.17, 15) is 24.0 Å². The predicted octanol–water partition coefficient (Wildman–Crippen LogP) is 3.14. The molecule has 0 N–H and O–H groups in total. The molecule has 0 heterocycles. The Bertz CT molecular complexity index is 982. The summed E-state index contributed by atoms with van der Waals surface area (Å²) in [4.78, 5) is 62.2. The van der Waals surface area contributed by atoms with Crippen molar-refractivity contribution < 1.29 is 56.4 Å². The van der Waals surface area contributed by atoms with Gasteiger partial charge in [-0.25, -0.2) is 32.8 Å². The lowest BCUT2D eigenvalue weighted by Crippen LogP contribution is -2.56. The molecule has 1 rings (SSSR count). The third-order valence-electron chi connectivity index (χ3n) is 4.74. The molecule has 10 nitrogen and oxygen atoms in total. The van der Waals surface area contributed by atoms with Gasteiger partial charge in [0.05, 0.1) is 25.4 Å². The summed E-state index contributed by atoms with van der Waals surface area (Å²) in [5, 5.41) is 0. The summed E-state index contributed by atoms with van der Waals surface area (Å²) in [7, 11) is 0. The Morgan fingerprint density at radius 3 is 1.59 bits per heavy atom. The van der Waals surface area contributed by atoms with Crippen molar-refractivity contribution >= 4 is 29.8 Å². The van der Waals surface area contributed by atoms with Crippen LogP contribution in [0.1, 0.15) is 64.4 Å². The lowest BCUT2D eigenvalue weighted by molar-refractivity contribution is -0.195. The Morgan fingerprint density at radius 2 is 1.19 bits per heavy atom. The zero-order valence-electron chi connectivity index (χ0n) is 21.8. The van der Waals surface area contributed by atoms with Gasteiger partial charge in [0, 0.05) is 5.56 Å². The number of hydrogen-bond donors (Lipinski definition) is 0. The van der Waals surface area contributed by atoms with E-state index in [4.69, 9.17) is 9.47 Å². The Balaban J connectivity index is 3.42. The molecule has 12 heteroatoms. The van der Waals surface area contributed by atoms with Crippen molar-refractivity contribution in [2.24, 2.45) is 0 Å². The van der Waals surface area contributed by atoms with Crippen LogP contribution in [0, 0.1) is 0 Å². The van der Waals surface area contributed by atoms with Gasteiger partial charge in [-0.3, -0.25) is 0 Å². The molecular weight excluding hydrogens is 498 g/mol. The Morgan fingerprint density at radius 1 is 0.757 bits per heavy atom. The number of carbonyl (C=O) groups is 5. The number of rotatable bonds is 11. The molecule has 0 radical (unpaired) electrons. The molecule has 0 saturated carbocycles. The fourth-order valence-corrected chi connectivity index (χ4v) is 2.93. The molecule has 37 heavy (non-hydrogen) atoms. The number of esters is 5. The first-order valence-corrected chi connectivity index (χ1v) is 11.5. The van der Waals surface area contributed by atoms with Crippen molar-refractivity contribution in [1.29, 1.82) is 0 Å². The highest BCUT2D eigenvalue weighted by molar-refractivity contribution is 6.07. The number of carbonyl (C=O) groups excluding carboxylic acids is 5. The third-order valence-corrected chi connectivity index (χ3v) is 4.74. The third kappa shape index (κ3) is 7.23. The van der Waals surface area contributed by atoms with E-state index >= 15 is 8.78 Å². The van der Waals surface area contributed by atoms with Gasteiger partial charge in [-0.15, -0.1) is 0 Å². The van der Waals surface area contributed by atoms with Gasteiger partial charge in [0.1, 0.15) is 5.60 Å². The lowest BCUT2D eigenvalue weighted by Gasteiger charge is -2.29. The zero-order valence-corrected chi connectivity index (χ0v) is 21.8. The minimum atomic E-state index is -3.65. The average molecular weight is 531 g/mol. The largest absolute Gasteiger partial charge is 0.463 e. The van der Waals surface area contributed by atoms with E-state index in [1.54, 1.807) is 20.8 Å². The Hall–Kier alpha value is -3.57. The van der Waals surface area contributed by atoms with Crippen molar-refractivity contribution in [3.8, 4) is 0 Å². The van der Waals surface area contributed by atoms with Crippen LogP contribution in [0.3, 0.4) is 0 Å². The van der Waals surface area contributed by atoms with Gasteiger partial charge in [0.2, 0.25) is 0 Å². The summed E-state index contributed by atoms with van der Waals surface area (Å²) in [6, 6.07) is 4.09. The van der Waals surface area contributed by atoms with Crippen molar-refractivity contribution in [3.63, 3.8) is 0 Å². The van der Waals surface area contributed by atoms with Crippen LogP contribution in [0.25, 0.3) is 0 Å². The molecule has 0 aliphatic heterocycles. The average Bonchev–Trinajstić information content (AvgIpc) is 2.82. The number of ether oxygens (including phenoxy) is 5. The molecule has 2 unspecified atom stereocenters. The number of alkyl halides is 2. The Labute approximate surface area is 213 Å². The first-order valence-electron chi connectivity index (χ1n) is 11.5. The van der Waals surface area contributed by atoms with Gasteiger partial charge in [-0.1, -0.05) is 12.1 Å². The molecule has 206 valence electrons. The van der Waals surface area contributed by atoms with Gasteiger partial charge >= 0.3 is 41.2 Å². The molecular formula is C25H32F2O10. The van der Waals surface area contributed by atoms with Crippen molar-refractivity contribution in [2.75, 3.05) is 19.8 Å². The minimum Gasteiger partial charge on any atom is -0.463 e. The fraction of sp³-hybridized carbons (Fsp3) is 0.560. The lowest BCUT2D eigenvalue weighted by atomic mass is 9.94. The fourth-order valence-electron chi connectivity index (χ4n) is 2.93. The van der Waals surface area contributed by atoms with Crippen LogP contribution < -0.4 is 0 Å². The summed E-state index contributed by atoms with van der Waals surface area (Å²) in [5.74, 6) is -7.87. The summed E-state index contributed by atoms with van der Waals surface area (Å²) < 4.78 is 55.6. The number of benzene rings is 1. The highest BCUT2D eigenvalue weighted by atomic mass is 19.1.